The predicted molar refractivity (Wildman–Crippen MR) is 78.3 cm³/mol. The number of methoxy groups -OCH3 is 2. The van der Waals surface area contributed by atoms with Gasteiger partial charge in [0.1, 0.15) is 11.5 Å². The monoisotopic (exact) mass is 263 g/mol. The van der Waals surface area contributed by atoms with Crippen LogP contribution in [0.1, 0.15) is 37.3 Å². The number of aryl methyl sites for hydroxylation is 1. The highest BCUT2D eigenvalue weighted by atomic mass is 16.5. The highest BCUT2D eigenvalue weighted by Gasteiger charge is 2.17. The van der Waals surface area contributed by atoms with Gasteiger partial charge in [0.15, 0.2) is 0 Å². The third-order valence-corrected chi connectivity index (χ3v) is 3.94. The summed E-state index contributed by atoms with van der Waals surface area (Å²) >= 11 is 0. The number of ether oxygens (including phenoxy) is 2. The highest BCUT2D eigenvalue weighted by molar-refractivity contribution is 5.47. The zero-order chi connectivity index (χ0) is 13.7. The molecule has 0 aromatic heterocycles. The Balaban J connectivity index is 2.21. The molecule has 106 valence electrons. The van der Waals surface area contributed by atoms with Crippen molar-refractivity contribution in [3.05, 3.63) is 23.3 Å². The Labute approximate surface area is 116 Å². The van der Waals surface area contributed by atoms with Crippen molar-refractivity contribution < 1.29 is 9.47 Å². The van der Waals surface area contributed by atoms with Gasteiger partial charge in [-0.2, -0.15) is 0 Å². The average molecular weight is 263 g/mol. The van der Waals surface area contributed by atoms with Crippen LogP contribution in [0.5, 0.6) is 11.5 Å². The van der Waals surface area contributed by atoms with Gasteiger partial charge in [0.05, 0.1) is 14.2 Å². The van der Waals surface area contributed by atoms with Crippen LogP contribution in [0, 0.1) is 0 Å². The van der Waals surface area contributed by atoms with Gasteiger partial charge in [-0.25, -0.2) is 0 Å². The maximum atomic E-state index is 5.52. The van der Waals surface area contributed by atoms with E-state index in [-0.39, 0.29) is 0 Å². The molecule has 19 heavy (non-hydrogen) atoms. The van der Waals surface area contributed by atoms with Gasteiger partial charge in [0.25, 0.3) is 0 Å². The number of hydrogen-bond acceptors (Lipinski definition) is 3. The SMILES string of the molecule is CCc1cc(CC2CCCCN2)c(OC)cc1OC. The van der Waals surface area contributed by atoms with Crippen LogP contribution in [0.2, 0.25) is 0 Å². The molecule has 0 aliphatic carbocycles. The van der Waals surface area contributed by atoms with Crippen molar-refractivity contribution in [3.63, 3.8) is 0 Å². The second-order valence-corrected chi connectivity index (χ2v) is 5.18. The molecule has 3 nitrogen and oxygen atoms in total. The zero-order valence-electron chi connectivity index (χ0n) is 12.3. The third kappa shape index (κ3) is 3.41. The molecule has 0 radical (unpaired) electrons. The molecule has 1 saturated heterocycles. The minimum atomic E-state index is 0.584. The lowest BCUT2D eigenvalue weighted by Gasteiger charge is -2.24. The predicted octanol–water partition coefficient (Wildman–Crippen LogP) is 2.95. The summed E-state index contributed by atoms with van der Waals surface area (Å²) in [5, 5.41) is 3.60. The van der Waals surface area contributed by atoms with Crippen LogP contribution in [-0.4, -0.2) is 26.8 Å². The zero-order valence-corrected chi connectivity index (χ0v) is 12.3. The number of nitrogens with one attached hydrogen (secondary N) is 1. The number of benzene rings is 1. The molecule has 0 amide bonds. The Bertz CT molecular complexity index is 411. The third-order valence-electron chi connectivity index (χ3n) is 3.94. The first-order chi connectivity index (χ1) is 9.28. The van der Waals surface area contributed by atoms with Crippen molar-refractivity contribution in [1.29, 1.82) is 0 Å². The summed E-state index contributed by atoms with van der Waals surface area (Å²) in [6.45, 7) is 3.30. The largest absolute Gasteiger partial charge is 0.496 e. The molecule has 1 heterocycles. The van der Waals surface area contributed by atoms with Crippen LogP contribution in [0.15, 0.2) is 12.1 Å². The molecule has 0 bridgehead atoms. The van der Waals surface area contributed by atoms with E-state index in [9.17, 15) is 0 Å². The minimum absolute atomic E-state index is 0.584. The van der Waals surface area contributed by atoms with E-state index in [1.165, 1.54) is 30.4 Å². The van der Waals surface area contributed by atoms with Gasteiger partial charge in [0, 0.05) is 12.1 Å². The Hall–Kier alpha value is -1.22. The van der Waals surface area contributed by atoms with Gasteiger partial charge in [-0.05, 0) is 49.4 Å². The second kappa shape index (κ2) is 6.80. The van der Waals surface area contributed by atoms with E-state index >= 15 is 0 Å². The Morgan fingerprint density at radius 3 is 2.42 bits per heavy atom. The first-order valence-corrected chi connectivity index (χ1v) is 7.25. The number of hydrogen-bond donors (Lipinski definition) is 1. The van der Waals surface area contributed by atoms with E-state index in [1.807, 2.05) is 6.07 Å². The molecule has 1 aliphatic heterocycles. The molecular weight excluding hydrogens is 238 g/mol. The van der Waals surface area contributed by atoms with Gasteiger partial charge >= 0.3 is 0 Å². The van der Waals surface area contributed by atoms with Crippen LogP contribution < -0.4 is 14.8 Å². The molecule has 1 N–H and O–H groups in total. The normalized spacial score (nSPS) is 19.2. The van der Waals surface area contributed by atoms with Crippen molar-refractivity contribution in [1.82, 2.24) is 5.32 Å². The van der Waals surface area contributed by atoms with Crippen molar-refractivity contribution in [2.75, 3.05) is 20.8 Å². The van der Waals surface area contributed by atoms with E-state index < -0.39 is 0 Å². The summed E-state index contributed by atoms with van der Waals surface area (Å²) in [5.74, 6) is 1.88. The summed E-state index contributed by atoms with van der Waals surface area (Å²) in [7, 11) is 3.45. The molecule has 0 saturated carbocycles. The molecule has 1 fully saturated rings. The summed E-state index contributed by atoms with van der Waals surface area (Å²) in [6, 6.07) is 4.85. The van der Waals surface area contributed by atoms with Crippen molar-refractivity contribution >= 4 is 0 Å². The van der Waals surface area contributed by atoms with Gasteiger partial charge in [-0.3, -0.25) is 0 Å². The van der Waals surface area contributed by atoms with E-state index in [2.05, 4.69) is 18.3 Å². The summed E-state index contributed by atoms with van der Waals surface area (Å²) < 4.78 is 10.9. The quantitative estimate of drug-likeness (QED) is 0.886. The Morgan fingerprint density at radius 2 is 1.84 bits per heavy atom. The van der Waals surface area contributed by atoms with Crippen LogP contribution in [0.3, 0.4) is 0 Å². The van der Waals surface area contributed by atoms with Gasteiger partial charge in [0.2, 0.25) is 0 Å². The van der Waals surface area contributed by atoms with Crippen molar-refractivity contribution in [2.45, 2.75) is 45.1 Å². The maximum absolute atomic E-state index is 5.52. The molecule has 1 unspecified atom stereocenters. The van der Waals surface area contributed by atoms with Gasteiger partial charge < -0.3 is 14.8 Å². The van der Waals surface area contributed by atoms with E-state index in [0.717, 1.165) is 30.9 Å². The molecule has 3 heteroatoms. The molecule has 2 rings (SSSR count). The summed E-state index contributed by atoms with van der Waals surface area (Å²) in [6.07, 6.45) is 5.92. The Kier molecular flexibility index (Phi) is 5.08. The van der Waals surface area contributed by atoms with Gasteiger partial charge in [-0.1, -0.05) is 13.3 Å². The van der Waals surface area contributed by atoms with Crippen LogP contribution in [0.25, 0.3) is 0 Å². The highest BCUT2D eigenvalue weighted by Crippen LogP contribution is 2.31. The van der Waals surface area contributed by atoms with E-state index in [0.29, 0.717) is 6.04 Å². The lowest BCUT2D eigenvalue weighted by atomic mass is 9.95. The first-order valence-electron chi connectivity index (χ1n) is 7.25. The summed E-state index contributed by atoms with van der Waals surface area (Å²) in [5.41, 5.74) is 2.55. The Morgan fingerprint density at radius 1 is 1.11 bits per heavy atom. The van der Waals surface area contributed by atoms with Crippen molar-refractivity contribution in [2.24, 2.45) is 0 Å². The van der Waals surface area contributed by atoms with E-state index in [1.54, 1.807) is 14.2 Å². The first kappa shape index (κ1) is 14.2. The van der Waals surface area contributed by atoms with Crippen LogP contribution in [-0.2, 0) is 12.8 Å². The molecular formula is C16H25NO2. The fourth-order valence-electron chi connectivity index (χ4n) is 2.84. The lowest BCUT2D eigenvalue weighted by molar-refractivity contribution is 0.374. The van der Waals surface area contributed by atoms with Crippen molar-refractivity contribution in [3.8, 4) is 11.5 Å². The molecule has 1 aliphatic rings. The van der Waals surface area contributed by atoms with E-state index in [4.69, 9.17) is 9.47 Å². The molecule has 1 aromatic carbocycles. The molecule has 1 atom stereocenters. The second-order valence-electron chi connectivity index (χ2n) is 5.18. The number of piperidine rings is 1. The van der Waals surface area contributed by atoms with Crippen LogP contribution in [0.4, 0.5) is 0 Å². The van der Waals surface area contributed by atoms with Gasteiger partial charge in [-0.15, -0.1) is 0 Å². The fourth-order valence-corrected chi connectivity index (χ4v) is 2.84. The van der Waals surface area contributed by atoms with Crippen LogP contribution >= 0.6 is 0 Å². The molecule has 1 aromatic rings. The number of rotatable bonds is 5. The standard InChI is InChI=1S/C16H25NO2/c1-4-12-9-13(10-14-7-5-6-8-17-14)16(19-3)11-15(12)18-2/h9,11,14,17H,4-8,10H2,1-3H3. The fraction of sp³-hybridized carbons (Fsp3) is 0.625. The smallest absolute Gasteiger partial charge is 0.125 e. The average Bonchev–Trinajstić information content (AvgIpc) is 2.47. The lowest BCUT2D eigenvalue weighted by Crippen LogP contribution is -2.35. The maximum Gasteiger partial charge on any atom is 0.125 e. The molecule has 0 spiro atoms. The topological polar surface area (TPSA) is 30.5 Å². The minimum Gasteiger partial charge on any atom is -0.496 e. The summed E-state index contributed by atoms with van der Waals surface area (Å²) in [4.78, 5) is 0.